The Morgan fingerprint density at radius 3 is 2.42 bits per heavy atom. The number of hydrogen-bond donors (Lipinski definition) is 2. The van der Waals surface area contributed by atoms with Gasteiger partial charge >= 0.3 is 5.97 Å². The number of carbonyl (C=O) groups is 2. The van der Waals surface area contributed by atoms with Crippen LogP contribution in [0.25, 0.3) is 22.0 Å². The first kappa shape index (κ1) is 29.9. The van der Waals surface area contributed by atoms with Gasteiger partial charge in [-0.3, -0.25) is 4.79 Å². The molecule has 218 valence electrons. The third-order valence-electron chi connectivity index (χ3n) is 6.40. The highest BCUT2D eigenvalue weighted by atomic mass is 79.9. The van der Waals surface area contributed by atoms with Crippen molar-refractivity contribution in [2.45, 2.75) is 13.8 Å². The number of aromatic nitrogens is 1. The van der Waals surface area contributed by atoms with E-state index in [2.05, 4.69) is 31.4 Å². The van der Waals surface area contributed by atoms with Crippen LogP contribution in [0.15, 0.2) is 94.5 Å². The van der Waals surface area contributed by atoms with Crippen molar-refractivity contribution in [2.75, 3.05) is 13.2 Å². The van der Waals surface area contributed by atoms with Gasteiger partial charge in [-0.1, -0.05) is 70.0 Å². The van der Waals surface area contributed by atoms with Crippen LogP contribution in [0.2, 0.25) is 5.02 Å². The Morgan fingerprint density at radius 1 is 0.907 bits per heavy atom. The lowest BCUT2D eigenvalue weighted by molar-refractivity contribution is 0.0733. The predicted octanol–water partition coefficient (Wildman–Crippen LogP) is 8.03. The maximum absolute atomic E-state index is 13.4. The third kappa shape index (κ3) is 6.74. The number of hydrazone groups is 1. The normalized spacial score (nSPS) is 11.1. The molecule has 5 rings (SSSR count). The Bertz CT molecular complexity index is 1820. The molecule has 5 aromatic rings. The van der Waals surface area contributed by atoms with Gasteiger partial charge < -0.3 is 19.2 Å². The van der Waals surface area contributed by atoms with Crippen molar-refractivity contribution in [1.29, 1.82) is 0 Å². The average molecular weight is 661 g/mol. The van der Waals surface area contributed by atoms with Gasteiger partial charge in [0.05, 0.1) is 35.5 Å². The van der Waals surface area contributed by atoms with E-state index in [1.165, 1.54) is 6.21 Å². The number of benzene rings is 4. The van der Waals surface area contributed by atoms with E-state index in [0.29, 0.717) is 52.1 Å². The molecular formula is C33H27BrClN3O5. The highest BCUT2D eigenvalue weighted by molar-refractivity contribution is 9.10. The number of aromatic amines is 1. The summed E-state index contributed by atoms with van der Waals surface area (Å²) < 4.78 is 17.7. The SMILES string of the molecule is CCOc1ccc(C(=O)Oc2ccc(Br)cc2C=NNC(=O)c2[nH]c3c(Cl)cccc3c2-c2ccccc2)cc1OCC. The van der Waals surface area contributed by atoms with Gasteiger partial charge in [-0.05, 0) is 61.9 Å². The molecular weight excluding hydrogens is 634 g/mol. The van der Waals surface area contributed by atoms with Gasteiger partial charge in [0.25, 0.3) is 5.91 Å². The maximum Gasteiger partial charge on any atom is 0.343 e. The molecule has 1 amide bonds. The fourth-order valence-electron chi connectivity index (χ4n) is 4.52. The van der Waals surface area contributed by atoms with Gasteiger partial charge in [0.2, 0.25) is 0 Å². The molecule has 0 bridgehead atoms. The molecule has 8 nitrogen and oxygen atoms in total. The number of nitrogens with zero attached hydrogens (tertiary/aromatic N) is 1. The second-order valence-electron chi connectivity index (χ2n) is 9.20. The molecule has 0 fully saturated rings. The molecule has 43 heavy (non-hydrogen) atoms. The highest BCUT2D eigenvalue weighted by Gasteiger charge is 2.20. The molecule has 4 aromatic carbocycles. The summed E-state index contributed by atoms with van der Waals surface area (Å²) in [6, 6.07) is 25.0. The molecule has 2 N–H and O–H groups in total. The van der Waals surface area contributed by atoms with Crippen LogP contribution in [-0.4, -0.2) is 36.3 Å². The van der Waals surface area contributed by atoms with Gasteiger partial charge in [0, 0.05) is 21.0 Å². The van der Waals surface area contributed by atoms with E-state index in [4.69, 9.17) is 25.8 Å². The lowest BCUT2D eigenvalue weighted by Crippen LogP contribution is -2.19. The van der Waals surface area contributed by atoms with Gasteiger partial charge in [0.1, 0.15) is 11.4 Å². The fourth-order valence-corrected chi connectivity index (χ4v) is 5.12. The van der Waals surface area contributed by atoms with Crippen LogP contribution in [0.4, 0.5) is 0 Å². The molecule has 0 radical (unpaired) electrons. The topological polar surface area (TPSA) is 102 Å². The summed E-state index contributed by atoms with van der Waals surface area (Å²) in [4.78, 5) is 29.6. The summed E-state index contributed by atoms with van der Waals surface area (Å²) in [5.74, 6) is 0.189. The molecule has 0 aliphatic rings. The molecule has 0 aliphatic carbocycles. The van der Waals surface area contributed by atoms with Gasteiger partial charge in [-0.15, -0.1) is 0 Å². The Balaban J connectivity index is 1.39. The molecule has 0 spiro atoms. The number of H-pyrrole nitrogens is 1. The van der Waals surface area contributed by atoms with Crippen molar-refractivity contribution in [3.8, 4) is 28.4 Å². The zero-order valence-electron chi connectivity index (χ0n) is 23.3. The number of esters is 1. The molecule has 0 aliphatic heterocycles. The lowest BCUT2D eigenvalue weighted by Gasteiger charge is -2.13. The van der Waals surface area contributed by atoms with E-state index in [1.54, 1.807) is 42.5 Å². The van der Waals surface area contributed by atoms with Crippen LogP contribution in [0.1, 0.15) is 40.3 Å². The van der Waals surface area contributed by atoms with Crippen LogP contribution < -0.4 is 19.6 Å². The largest absolute Gasteiger partial charge is 0.490 e. The van der Waals surface area contributed by atoms with Crippen molar-refractivity contribution in [2.24, 2.45) is 5.10 Å². The number of amides is 1. The minimum Gasteiger partial charge on any atom is -0.490 e. The maximum atomic E-state index is 13.4. The van der Waals surface area contributed by atoms with Gasteiger partial charge in [-0.2, -0.15) is 5.10 Å². The van der Waals surface area contributed by atoms with Crippen molar-refractivity contribution in [1.82, 2.24) is 10.4 Å². The highest BCUT2D eigenvalue weighted by Crippen LogP contribution is 2.35. The van der Waals surface area contributed by atoms with E-state index in [9.17, 15) is 9.59 Å². The standard InChI is InChI=1S/C33H27BrClN3O5/c1-3-41-27-15-13-21(18-28(27)42-4-2)33(40)43-26-16-14-23(34)17-22(26)19-36-38-32(39)31-29(20-9-6-5-7-10-20)24-11-8-12-25(35)30(24)37-31/h5-19,37H,3-4H2,1-2H3,(H,38,39). The number of nitrogens with one attached hydrogen (secondary N) is 2. The quantitative estimate of drug-likeness (QED) is 0.0684. The van der Waals surface area contributed by atoms with E-state index < -0.39 is 11.9 Å². The molecule has 1 aromatic heterocycles. The number of rotatable bonds is 10. The van der Waals surface area contributed by atoms with Crippen LogP contribution in [0, 0.1) is 0 Å². The van der Waals surface area contributed by atoms with E-state index in [-0.39, 0.29) is 11.3 Å². The summed E-state index contributed by atoms with van der Waals surface area (Å²) in [5.41, 5.74) is 5.86. The van der Waals surface area contributed by atoms with Gasteiger partial charge in [-0.25, -0.2) is 10.2 Å². The first-order valence-electron chi connectivity index (χ1n) is 13.5. The predicted molar refractivity (Wildman–Crippen MR) is 172 cm³/mol. The minimum absolute atomic E-state index is 0.250. The summed E-state index contributed by atoms with van der Waals surface area (Å²) in [6.07, 6.45) is 1.41. The van der Waals surface area contributed by atoms with E-state index >= 15 is 0 Å². The van der Waals surface area contributed by atoms with Crippen LogP contribution in [0.5, 0.6) is 17.2 Å². The second-order valence-corrected chi connectivity index (χ2v) is 10.5. The Labute approximate surface area is 261 Å². The zero-order chi connectivity index (χ0) is 30.3. The first-order valence-corrected chi connectivity index (χ1v) is 14.7. The van der Waals surface area contributed by atoms with Crippen LogP contribution in [-0.2, 0) is 0 Å². The average Bonchev–Trinajstić information content (AvgIpc) is 3.41. The summed E-state index contributed by atoms with van der Waals surface area (Å²) in [5, 5.41) is 5.49. The molecule has 0 atom stereocenters. The third-order valence-corrected chi connectivity index (χ3v) is 7.20. The Morgan fingerprint density at radius 2 is 1.65 bits per heavy atom. The number of halogens is 2. The van der Waals surface area contributed by atoms with Crippen molar-refractivity contribution >= 4 is 56.5 Å². The molecule has 0 saturated heterocycles. The zero-order valence-corrected chi connectivity index (χ0v) is 25.7. The summed E-state index contributed by atoms with van der Waals surface area (Å²) in [7, 11) is 0. The summed E-state index contributed by atoms with van der Waals surface area (Å²) in [6.45, 7) is 4.59. The minimum atomic E-state index is -0.590. The van der Waals surface area contributed by atoms with Crippen LogP contribution in [0.3, 0.4) is 0 Å². The van der Waals surface area contributed by atoms with E-state index in [0.717, 1.165) is 15.4 Å². The molecule has 0 unspecified atom stereocenters. The smallest absolute Gasteiger partial charge is 0.343 e. The number of carbonyl (C=O) groups excluding carboxylic acids is 2. The van der Waals surface area contributed by atoms with Crippen molar-refractivity contribution < 1.29 is 23.8 Å². The first-order chi connectivity index (χ1) is 20.9. The van der Waals surface area contributed by atoms with Crippen molar-refractivity contribution in [3.63, 3.8) is 0 Å². The number of fused-ring (bicyclic) bond motifs is 1. The number of hydrogen-bond acceptors (Lipinski definition) is 6. The lowest BCUT2D eigenvalue weighted by atomic mass is 10.0. The fraction of sp³-hybridized carbons (Fsp3) is 0.121. The monoisotopic (exact) mass is 659 g/mol. The molecule has 10 heteroatoms. The van der Waals surface area contributed by atoms with E-state index in [1.807, 2.05) is 56.3 Å². The van der Waals surface area contributed by atoms with Crippen molar-refractivity contribution in [3.05, 3.63) is 111 Å². The van der Waals surface area contributed by atoms with Crippen LogP contribution >= 0.6 is 27.5 Å². The van der Waals surface area contributed by atoms with Gasteiger partial charge in [0.15, 0.2) is 11.5 Å². The Kier molecular flexibility index (Phi) is 9.44. The second kappa shape index (κ2) is 13.6. The Hall–Kier alpha value is -4.60. The molecule has 0 saturated carbocycles. The summed E-state index contributed by atoms with van der Waals surface area (Å²) >= 11 is 9.87. The number of para-hydroxylation sites is 1. The number of ether oxygens (including phenoxy) is 3. The molecule has 1 heterocycles.